The SMILES string of the molecule is Cc1ccc(CC(=O)NNC(=O)c2cc3c(s2)CC[C@H](C)C3)cc1C. The Hall–Kier alpha value is -2.14. The lowest BCUT2D eigenvalue weighted by atomic mass is 9.90. The molecule has 25 heavy (non-hydrogen) atoms. The fourth-order valence-electron chi connectivity index (χ4n) is 3.15. The second-order valence-corrected chi connectivity index (χ2v) is 8.14. The Bertz CT molecular complexity index is 810. The number of hydrogen-bond donors (Lipinski definition) is 2. The van der Waals surface area contributed by atoms with Crippen molar-refractivity contribution in [2.75, 3.05) is 0 Å². The van der Waals surface area contributed by atoms with Gasteiger partial charge in [-0.3, -0.25) is 20.4 Å². The highest BCUT2D eigenvalue weighted by molar-refractivity contribution is 7.14. The molecule has 1 aliphatic rings. The van der Waals surface area contributed by atoms with Crippen LogP contribution in [0.25, 0.3) is 0 Å². The Kier molecular flexibility index (Phi) is 5.23. The van der Waals surface area contributed by atoms with Gasteiger partial charge in [-0.15, -0.1) is 11.3 Å². The maximum absolute atomic E-state index is 12.3. The lowest BCUT2D eigenvalue weighted by molar-refractivity contribution is -0.121. The summed E-state index contributed by atoms with van der Waals surface area (Å²) in [6, 6.07) is 7.93. The highest BCUT2D eigenvalue weighted by atomic mass is 32.1. The Morgan fingerprint density at radius 1 is 1.16 bits per heavy atom. The maximum atomic E-state index is 12.3. The Morgan fingerprint density at radius 2 is 1.96 bits per heavy atom. The van der Waals surface area contributed by atoms with Gasteiger partial charge in [0.25, 0.3) is 5.91 Å². The van der Waals surface area contributed by atoms with Crippen molar-refractivity contribution in [1.29, 1.82) is 0 Å². The first-order chi connectivity index (χ1) is 11.9. The van der Waals surface area contributed by atoms with Crippen LogP contribution in [0.1, 0.15) is 50.1 Å². The number of nitrogens with one attached hydrogen (secondary N) is 2. The van der Waals surface area contributed by atoms with Crippen LogP contribution in [0.2, 0.25) is 0 Å². The molecule has 2 N–H and O–H groups in total. The molecular weight excluding hydrogens is 332 g/mol. The van der Waals surface area contributed by atoms with Crippen molar-refractivity contribution in [2.45, 2.75) is 46.5 Å². The minimum absolute atomic E-state index is 0.216. The number of thiophene rings is 1. The summed E-state index contributed by atoms with van der Waals surface area (Å²) in [5, 5.41) is 0. The number of carbonyl (C=O) groups is 2. The third-order valence-corrected chi connectivity index (χ3v) is 6.04. The molecular formula is C20H24N2O2S. The van der Waals surface area contributed by atoms with E-state index in [-0.39, 0.29) is 18.2 Å². The first-order valence-corrected chi connectivity index (χ1v) is 9.51. The van der Waals surface area contributed by atoms with Gasteiger partial charge in [0.2, 0.25) is 5.91 Å². The van der Waals surface area contributed by atoms with E-state index in [1.807, 2.05) is 38.1 Å². The standard InChI is InChI=1S/C20H24N2O2S/c1-12-4-7-17-16(8-12)11-18(25-17)20(24)22-21-19(23)10-15-6-5-13(2)14(3)9-15/h5-6,9,11-12H,4,7-8,10H2,1-3H3,(H,21,23)(H,22,24)/t12-/m0/s1. The number of hydrazine groups is 1. The summed E-state index contributed by atoms with van der Waals surface area (Å²) in [6.07, 6.45) is 3.52. The molecule has 0 bridgehead atoms. The van der Waals surface area contributed by atoms with Crippen molar-refractivity contribution in [1.82, 2.24) is 10.9 Å². The molecule has 0 saturated heterocycles. The van der Waals surface area contributed by atoms with Crippen LogP contribution in [-0.2, 0) is 24.1 Å². The third kappa shape index (κ3) is 4.28. The summed E-state index contributed by atoms with van der Waals surface area (Å²) in [6.45, 7) is 6.31. The molecule has 132 valence electrons. The monoisotopic (exact) mass is 356 g/mol. The van der Waals surface area contributed by atoms with Gasteiger partial charge < -0.3 is 0 Å². The molecule has 2 aromatic rings. The molecule has 0 spiro atoms. The van der Waals surface area contributed by atoms with E-state index in [4.69, 9.17) is 0 Å². The van der Waals surface area contributed by atoms with Gasteiger partial charge in [0, 0.05) is 4.88 Å². The summed E-state index contributed by atoms with van der Waals surface area (Å²) in [7, 11) is 0. The molecule has 4 nitrogen and oxygen atoms in total. The van der Waals surface area contributed by atoms with E-state index in [2.05, 4.69) is 17.8 Å². The van der Waals surface area contributed by atoms with E-state index in [1.165, 1.54) is 22.4 Å². The molecule has 1 aromatic heterocycles. The van der Waals surface area contributed by atoms with Crippen LogP contribution in [0.15, 0.2) is 24.3 Å². The van der Waals surface area contributed by atoms with Crippen LogP contribution in [0.3, 0.4) is 0 Å². The highest BCUT2D eigenvalue weighted by Crippen LogP contribution is 2.32. The Labute approximate surface area is 152 Å². The smallest absolute Gasteiger partial charge is 0.273 e. The number of amides is 2. The van der Waals surface area contributed by atoms with Crippen molar-refractivity contribution in [3.05, 3.63) is 56.3 Å². The van der Waals surface area contributed by atoms with Crippen LogP contribution < -0.4 is 10.9 Å². The van der Waals surface area contributed by atoms with E-state index in [1.54, 1.807) is 11.3 Å². The van der Waals surface area contributed by atoms with Gasteiger partial charge in [0.1, 0.15) is 0 Å². The van der Waals surface area contributed by atoms with E-state index in [9.17, 15) is 9.59 Å². The normalized spacial score (nSPS) is 16.2. The van der Waals surface area contributed by atoms with Gasteiger partial charge >= 0.3 is 0 Å². The second-order valence-electron chi connectivity index (χ2n) is 7.00. The Morgan fingerprint density at radius 3 is 2.72 bits per heavy atom. The summed E-state index contributed by atoms with van der Waals surface area (Å²) in [5.41, 5.74) is 9.65. The van der Waals surface area contributed by atoms with Crippen LogP contribution >= 0.6 is 11.3 Å². The van der Waals surface area contributed by atoms with Crippen LogP contribution in [0.5, 0.6) is 0 Å². The summed E-state index contributed by atoms with van der Waals surface area (Å²) in [4.78, 5) is 26.3. The average Bonchev–Trinajstić information content (AvgIpc) is 2.99. The third-order valence-electron chi connectivity index (χ3n) is 4.80. The quantitative estimate of drug-likeness (QED) is 0.827. The van der Waals surface area contributed by atoms with Gasteiger partial charge in [0.05, 0.1) is 11.3 Å². The maximum Gasteiger partial charge on any atom is 0.279 e. The molecule has 1 aromatic carbocycles. The average molecular weight is 356 g/mol. The van der Waals surface area contributed by atoms with Gasteiger partial charge in [0.15, 0.2) is 0 Å². The minimum atomic E-state index is -0.236. The van der Waals surface area contributed by atoms with Crippen molar-refractivity contribution >= 4 is 23.2 Å². The zero-order chi connectivity index (χ0) is 18.0. The van der Waals surface area contributed by atoms with Crippen molar-refractivity contribution < 1.29 is 9.59 Å². The molecule has 5 heteroatoms. The molecule has 0 aliphatic heterocycles. The molecule has 1 aliphatic carbocycles. The summed E-state index contributed by atoms with van der Waals surface area (Å²) >= 11 is 1.54. The van der Waals surface area contributed by atoms with E-state index < -0.39 is 0 Å². The zero-order valence-electron chi connectivity index (χ0n) is 14.9. The van der Waals surface area contributed by atoms with Gasteiger partial charge in [-0.1, -0.05) is 25.1 Å². The molecule has 0 unspecified atom stereocenters. The molecule has 3 rings (SSSR count). The number of carbonyl (C=O) groups excluding carboxylic acids is 2. The number of aryl methyl sites for hydroxylation is 3. The predicted octanol–water partition coefficient (Wildman–Crippen LogP) is 3.49. The highest BCUT2D eigenvalue weighted by Gasteiger charge is 2.20. The molecule has 1 atom stereocenters. The van der Waals surface area contributed by atoms with Crippen LogP contribution in [0, 0.1) is 19.8 Å². The van der Waals surface area contributed by atoms with Gasteiger partial charge in [-0.05, 0) is 67.3 Å². The molecule has 2 amide bonds. The zero-order valence-corrected chi connectivity index (χ0v) is 15.8. The van der Waals surface area contributed by atoms with E-state index in [0.29, 0.717) is 10.8 Å². The lowest BCUT2D eigenvalue weighted by Gasteiger charge is -2.16. The van der Waals surface area contributed by atoms with Crippen molar-refractivity contribution in [3.8, 4) is 0 Å². The Balaban J connectivity index is 1.55. The first-order valence-electron chi connectivity index (χ1n) is 8.69. The van der Waals surface area contributed by atoms with Gasteiger partial charge in [-0.25, -0.2) is 0 Å². The lowest BCUT2D eigenvalue weighted by Crippen LogP contribution is -2.42. The summed E-state index contributed by atoms with van der Waals surface area (Å²) < 4.78 is 0. The number of rotatable bonds is 3. The van der Waals surface area contributed by atoms with Crippen molar-refractivity contribution in [3.63, 3.8) is 0 Å². The van der Waals surface area contributed by atoms with Crippen LogP contribution in [-0.4, -0.2) is 11.8 Å². The number of hydrogen-bond acceptors (Lipinski definition) is 3. The first kappa shape index (κ1) is 17.7. The van der Waals surface area contributed by atoms with Crippen LogP contribution in [0.4, 0.5) is 0 Å². The topological polar surface area (TPSA) is 58.2 Å². The van der Waals surface area contributed by atoms with E-state index >= 15 is 0 Å². The fraction of sp³-hybridized carbons (Fsp3) is 0.400. The minimum Gasteiger partial charge on any atom is -0.273 e. The predicted molar refractivity (Wildman–Crippen MR) is 101 cm³/mol. The number of benzene rings is 1. The summed E-state index contributed by atoms with van der Waals surface area (Å²) in [5.74, 6) is 0.225. The van der Waals surface area contributed by atoms with Crippen molar-refractivity contribution in [2.24, 2.45) is 5.92 Å². The molecule has 0 fully saturated rings. The molecule has 0 saturated carbocycles. The van der Waals surface area contributed by atoms with Gasteiger partial charge in [-0.2, -0.15) is 0 Å². The molecule has 0 radical (unpaired) electrons. The fourth-order valence-corrected chi connectivity index (χ4v) is 4.25. The van der Waals surface area contributed by atoms with E-state index in [0.717, 1.165) is 24.0 Å². The molecule has 1 heterocycles. The number of fused-ring (bicyclic) bond motifs is 1. The largest absolute Gasteiger partial charge is 0.279 e. The second kappa shape index (κ2) is 7.40.